The van der Waals surface area contributed by atoms with Crippen LogP contribution < -0.4 is 5.32 Å². The van der Waals surface area contributed by atoms with Gasteiger partial charge in [0, 0.05) is 6.42 Å². The summed E-state index contributed by atoms with van der Waals surface area (Å²) in [7, 11) is 0. The van der Waals surface area contributed by atoms with Gasteiger partial charge in [0.05, 0.1) is 18.8 Å². The number of aliphatic hydroxyl groups is 2. The monoisotopic (exact) mass is 888 g/mol. The van der Waals surface area contributed by atoms with Crippen LogP contribution in [0.2, 0.25) is 0 Å². The van der Waals surface area contributed by atoms with Crippen LogP contribution in [0.3, 0.4) is 0 Å². The highest BCUT2D eigenvalue weighted by Crippen LogP contribution is 2.16. The van der Waals surface area contributed by atoms with Crippen LogP contribution >= 0.6 is 0 Å². The highest BCUT2D eigenvalue weighted by molar-refractivity contribution is 5.76. The Morgan fingerprint density at radius 1 is 0.391 bits per heavy atom. The standard InChI is InChI=1S/C60H105NO3/c1-3-5-7-9-11-13-15-16-17-18-19-20-21-22-23-24-25-26-27-28-29-30-31-32-33-34-35-36-37-38-39-40-41-42-43-44-46-48-50-52-54-56-60(64)61-58(57-62)59(63)55-53-51-49-47-45-14-12-10-8-6-4-2/h5,7,11,13,16-17,19-20,22-23,25-26,28-29,31-32,58-59,62-63H,3-4,6,8-10,12,14-15,18,21,24,27,30,33-57H2,1-2H3,(H,61,64)/b7-5-,13-11-,17-16-,20-19-,23-22-,26-25-,29-28-,32-31-. The molecular formula is C60H105NO3. The van der Waals surface area contributed by atoms with Crippen molar-refractivity contribution in [3.63, 3.8) is 0 Å². The summed E-state index contributed by atoms with van der Waals surface area (Å²) in [4.78, 5) is 12.4. The van der Waals surface area contributed by atoms with Crippen LogP contribution in [-0.4, -0.2) is 34.9 Å². The fraction of sp³-hybridized carbons (Fsp3) is 0.717. The van der Waals surface area contributed by atoms with Crippen molar-refractivity contribution in [2.24, 2.45) is 0 Å². The summed E-state index contributed by atoms with van der Waals surface area (Å²) in [5.74, 6) is -0.0340. The van der Waals surface area contributed by atoms with Crippen molar-refractivity contribution in [2.75, 3.05) is 6.61 Å². The average Bonchev–Trinajstić information content (AvgIpc) is 3.30. The zero-order valence-electron chi connectivity index (χ0n) is 42.3. The lowest BCUT2D eigenvalue weighted by Crippen LogP contribution is -2.45. The summed E-state index contributed by atoms with van der Waals surface area (Å²) in [6, 6.07) is -0.538. The first kappa shape index (κ1) is 61.3. The Balaban J connectivity index is 3.48. The number of hydrogen-bond donors (Lipinski definition) is 3. The molecule has 368 valence electrons. The molecule has 0 rings (SSSR count). The van der Waals surface area contributed by atoms with Crippen LogP contribution in [-0.2, 0) is 4.79 Å². The minimum Gasteiger partial charge on any atom is -0.394 e. The zero-order valence-corrected chi connectivity index (χ0v) is 42.3. The summed E-state index contributed by atoms with van der Waals surface area (Å²) < 4.78 is 0. The third kappa shape index (κ3) is 50.3. The maximum Gasteiger partial charge on any atom is 0.220 e. The van der Waals surface area contributed by atoms with E-state index in [1.807, 2.05) is 0 Å². The summed E-state index contributed by atoms with van der Waals surface area (Å²) in [5.41, 5.74) is 0. The normalized spacial score (nSPS) is 13.6. The molecule has 0 aromatic heterocycles. The molecule has 0 radical (unpaired) electrons. The molecule has 0 saturated heterocycles. The minimum absolute atomic E-state index is 0.0340. The lowest BCUT2D eigenvalue weighted by atomic mass is 10.0. The van der Waals surface area contributed by atoms with E-state index in [1.165, 1.54) is 154 Å². The van der Waals surface area contributed by atoms with Crippen molar-refractivity contribution in [3.8, 4) is 0 Å². The van der Waals surface area contributed by atoms with Crippen molar-refractivity contribution < 1.29 is 15.0 Å². The molecule has 0 aromatic rings. The SMILES string of the molecule is CC/C=C\C/C=C\C/C=C\C/C=C\C/C=C\C/C=C\C/C=C\C/C=C\CCCCCCCCCCCCCCCCCCC(=O)NC(CO)C(O)CCCCCCCCCCCCC. The Hall–Kier alpha value is -2.69. The summed E-state index contributed by atoms with van der Waals surface area (Å²) in [6.07, 6.45) is 81.1. The van der Waals surface area contributed by atoms with Crippen molar-refractivity contribution in [3.05, 3.63) is 97.2 Å². The van der Waals surface area contributed by atoms with Gasteiger partial charge in [-0.15, -0.1) is 0 Å². The topological polar surface area (TPSA) is 69.6 Å². The Bertz CT molecular complexity index is 1190. The van der Waals surface area contributed by atoms with E-state index < -0.39 is 12.1 Å². The van der Waals surface area contributed by atoms with Gasteiger partial charge >= 0.3 is 0 Å². The second kappa shape index (κ2) is 54.6. The molecule has 4 heteroatoms. The van der Waals surface area contributed by atoms with E-state index in [4.69, 9.17) is 0 Å². The number of allylic oxidation sites excluding steroid dienone is 16. The first-order valence-electron chi connectivity index (χ1n) is 27.4. The quantitative estimate of drug-likeness (QED) is 0.0421. The molecule has 1 amide bonds. The van der Waals surface area contributed by atoms with E-state index in [0.29, 0.717) is 12.8 Å². The molecule has 3 N–H and O–H groups in total. The van der Waals surface area contributed by atoms with E-state index in [0.717, 1.165) is 77.0 Å². The van der Waals surface area contributed by atoms with Gasteiger partial charge in [0.2, 0.25) is 5.91 Å². The van der Waals surface area contributed by atoms with Crippen LogP contribution in [0.4, 0.5) is 0 Å². The highest BCUT2D eigenvalue weighted by Gasteiger charge is 2.20. The molecule has 2 unspecified atom stereocenters. The van der Waals surface area contributed by atoms with E-state index in [9.17, 15) is 15.0 Å². The molecule has 0 bridgehead atoms. The van der Waals surface area contributed by atoms with E-state index in [1.54, 1.807) is 0 Å². The van der Waals surface area contributed by atoms with Gasteiger partial charge in [0.25, 0.3) is 0 Å². The van der Waals surface area contributed by atoms with Crippen LogP contribution in [0.5, 0.6) is 0 Å². The number of unbranched alkanes of at least 4 members (excludes halogenated alkanes) is 26. The van der Waals surface area contributed by atoms with Crippen molar-refractivity contribution in [1.82, 2.24) is 5.32 Å². The molecule has 0 heterocycles. The van der Waals surface area contributed by atoms with Crippen LogP contribution in [0.1, 0.15) is 258 Å². The lowest BCUT2D eigenvalue weighted by molar-refractivity contribution is -0.123. The predicted octanol–water partition coefficient (Wildman–Crippen LogP) is 18.1. The lowest BCUT2D eigenvalue weighted by Gasteiger charge is -2.22. The molecule has 0 aliphatic heterocycles. The van der Waals surface area contributed by atoms with Crippen molar-refractivity contribution in [2.45, 2.75) is 270 Å². The number of hydrogen-bond acceptors (Lipinski definition) is 3. The zero-order chi connectivity index (χ0) is 46.3. The number of rotatable bonds is 49. The summed E-state index contributed by atoms with van der Waals surface area (Å²) in [6.45, 7) is 4.23. The predicted molar refractivity (Wildman–Crippen MR) is 285 cm³/mol. The Kier molecular flexibility index (Phi) is 52.3. The largest absolute Gasteiger partial charge is 0.394 e. The van der Waals surface area contributed by atoms with E-state index >= 15 is 0 Å². The first-order chi connectivity index (χ1) is 31.7. The number of nitrogens with one attached hydrogen (secondary N) is 1. The van der Waals surface area contributed by atoms with Crippen molar-refractivity contribution >= 4 is 5.91 Å². The molecule has 2 atom stereocenters. The maximum atomic E-state index is 12.4. The van der Waals surface area contributed by atoms with Gasteiger partial charge in [-0.05, 0) is 77.0 Å². The molecule has 0 aromatic carbocycles. The molecule has 4 nitrogen and oxygen atoms in total. The van der Waals surface area contributed by atoms with E-state index in [2.05, 4.69) is 116 Å². The molecule has 64 heavy (non-hydrogen) atoms. The molecule has 0 aliphatic rings. The van der Waals surface area contributed by atoms with Gasteiger partial charge in [-0.3, -0.25) is 4.79 Å². The fourth-order valence-electron chi connectivity index (χ4n) is 7.97. The van der Waals surface area contributed by atoms with Crippen LogP contribution in [0.15, 0.2) is 97.2 Å². The molecule has 0 saturated carbocycles. The van der Waals surface area contributed by atoms with Gasteiger partial charge in [-0.1, -0.05) is 272 Å². The third-order valence-corrected chi connectivity index (χ3v) is 12.1. The molecule has 0 fully saturated rings. The number of amides is 1. The smallest absolute Gasteiger partial charge is 0.220 e. The second-order valence-corrected chi connectivity index (χ2v) is 18.3. The summed E-state index contributed by atoms with van der Waals surface area (Å²) >= 11 is 0. The highest BCUT2D eigenvalue weighted by atomic mass is 16.3. The minimum atomic E-state index is -0.661. The van der Waals surface area contributed by atoms with Crippen molar-refractivity contribution in [1.29, 1.82) is 0 Å². The Labute approximate surface area is 398 Å². The number of carbonyl (C=O) groups is 1. The van der Waals surface area contributed by atoms with Gasteiger partial charge in [-0.2, -0.15) is 0 Å². The fourth-order valence-corrected chi connectivity index (χ4v) is 7.97. The summed E-state index contributed by atoms with van der Waals surface area (Å²) in [5, 5.41) is 23.2. The molecule has 0 aliphatic carbocycles. The average molecular weight is 889 g/mol. The first-order valence-corrected chi connectivity index (χ1v) is 27.4. The Morgan fingerprint density at radius 3 is 1.03 bits per heavy atom. The Morgan fingerprint density at radius 2 is 0.688 bits per heavy atom. The van der Waals surface area contributed by atoms with Gasteiger partial charge < -0.3 is 15.5 Å². The molecular weight excluding hydrogens is 783 g/mol. The van der Waals surface area contributed by atoms with Gasteiger partial charge in [0.1, 0.15) is 0 Å². The second-order valence-electron chi connectivity index (χ2n) is 18.3. The van der Waals surface area contributed by atoms with Crippen LogP contribution in [0, 0.1) is 0 Å². The van der Waals surface area contributed by atoms with Crippen LogP contribution in [0.25, 0.3) is 0 Å². The maximum absolute atomic E-state index is 12.4. The third-order valence-electron chi connectivity index (χ3n) is 12.1. The number of carbonyl (C=O) groups excluding carboxylic acids is 1. The van der Waals surface area contributed by atoms with E-state index in [-0.39, 0.29) is 12.5 Å². The van der Waals surface area contributed by atoms with Gasteiger partial charge in [0.15, 0.2) is 0 Å². The molecule has 0 spiro atoms. The van der Waals surface area contributed by atoms with Gasteiger partial charge in [-0.25, -0.2) is 0 Å². The number of aliphatic hydroxyl groups excluding tert-OH is 2.